The maximum Gasteiger partial charge on any atom is 0.253 e. The van der Waals surface area contributed by atoms with Crippen LogP contribution in [0, 0.1) is 5.82 Å². The maximum absolute atomic E-state index is 12.8. The number of nitrogens with one attached hydrogen (secondary N) is 2. The number of H-pyrrole nitrogens is 1. The fourth-order valence-corrected chi connectivity index (χ4v) is 2.49. The molecular weight excluding hydrogens is 295 g/mol. The number of benzene rings is 2. The second kappa shape index (κ2) is 6.52. The largest absolute Gasteiger partial charge is 0.497 e. The van der Waals surface area contributed by atoms with Crippen LogP contribution in [0.2, 0.25) is 0 Å². The fourth-order valence-electron chi connectivity index (χ4n) is 2.49. The van der Waals surface area contributed by atoms with Gasteiger partial charge in [0.25, 0.3) is 5.91 Å². The van der Waals surface area contributed by atoms with Gasteiger partial charge in [0, 0.05) is 29.7 Å². The van der Waals surface area contributed by atoms with E-state index in [0.29, 0.717) is 18.5 Å². The summed E-state index contributed by atoms with van der Waals surface area (Å²) in [4.78, 5) is 15.4. The molecule has 0 atom stereocenters. The van der Waals surface area contributed by atoms with Crippen LogP contribution in [0.3, 0.4) is 0 Å². The Bertz CT molecular complexity index is 825. The Labute approximate surface area is 133 Å². The number of aromatic nitrogens is 1. The highest BCUT2D eigenvalue weighted by Crippen LogP contribution is 2.23. The van der Waals surface area contributed by atoms with Crippen LogP contribution in [0.4, 0.5) is 4.39 Å². The Morgan fingerprint density at radius 3 is 2.74 bits per heavy atom. The molecule has 1 aromatic heterocycles. The van der Waals surface area contributed by atoms with E-state index in [2.05, 4.69) is 10.3 Å². The van der Waals surface area contributed by atoms with Gasteiger partial charge in [0.05, 0.1) is 12.7 Å². The van der Waals surface area contributed by atoms with E-state index in [1.165, 1.54) is 12.1 Å². The lowest BCUT2D eigenvalue weighted by molar-refractivity contribution is 0.0956. The van der Waals surface area contributed by atoms with E-state index in [9.17, 15) is 9.18 Å². The summed E-state index contributed by atoms with van der Waals surface area (Å²) in [6, 6.07) is 11.8. The predicted molar refractivity (Wildman–Crippen MR) is 87.3 cm³/mol. The van der Waals surface area contributed by atoms with Gasteiger partial charge >= 0.3 is 0 Å². The van der Waals surface area contributed by atoms with Crippen LogP contribution < -0.4 is 10.1 Å². The summed E-state index contributed by atoms with van der Waals surface area (Å²) < 4.78 is 18.0. The monoisotopic (exact) mass is 312 g/mol. The molecule has 0 saturated carbocycles. The lowest BCUT2D eigenvalue weighted by Crippen LogP contribution is -2.25. The highest BCUT2D eigenvalue weighted by Gasteiger charge is 2.12. The van der Waals surface area contributed by atoms with Gasteiger partial charge in [-0.05, 0) is 36.2 Å². The first-order valence-electron chi connectivity index (χ1n) is 7.35. The third-order valence-electron chi connectivity index (χ3n) is 3.75. The molecule has 0 aliphatic rings. The average molecular weight is 312 g/mol. The van der Waals surface area contributed by atoms with Crippen molar-refractivity contribution in [1.82, 2.24) is 10.3 Å². The standard InChI is InChI=1S/C18H17FN2O2/c1-23-14-6-7-15-16(11-21-17(15)10-14)18(22)20-9-8-12-2-4-13(19)5-3-12/h2-7,10-11,21H,8-9H2,1H3,(H,20,22). The van der Waals surface area contributed by atoms with Crippen molar-refractivity contribution in [3.63, 3.8) is 0 Å². The number of amides is 1. The van der Waals surface area contributed by atoms with E-state index in [4.69, 9.17) is 4.74 Å². The molecule has 2 aromatic carbocycles. The van der Waals surface area contributed by atoms with Crippen molar-refractivity contribution in [3.05, 3.63) is 65.6 Å². The van der Waals surface area contributed by atoms with Crippen LogP contribution in [-0.4, -0.2) is 24.5 Å². The van der Waals surface area contributed by atoms with Gasteiger partial charge in [-0.1, -0.05) is 12.1 Å². The minimum atomic E-state index is -0.257. The minimum absolute atomic E-state index is 0.136. The third-order valence-corrected chi connectivity index (χ3v) is 3.75. The lowest BCUT2D eigenvalue weighted by Gasteiger charge is -2.05. The van der Waals surface area contributed by atoms with Gasteiger partial charge in [0.1, 0.15) is 11.6 Å². The molecule has 5 heteroatoms. The van der Waals surface area contributed by atoms with Crippen LogP contribution in [0.5, 0.6) is 5.75 Å². The summed E-state index contributed by atoms with van der Waals surface area (Å²) >= 11 is 0. The molecule has 4 nitrogen and oxygen atoms in total. The van der Waals surface area contributed by atoms with Gasteiger partial charge in [-0.3, -0.25) is 4.79 Å². The van der Waals surface area contributed by atoms with Crippen molar-refractivity contribution < 1.29 is 13.9 Å². The minimum Gasteiger partial charge on any atom is -0.497 e. The van der Waals surface area contributed by atoms with Gasteiger partial charge in [0.15, 0.2) is 0 Å². The molecule has 0 spiro atoms. The SMILES string of the molecule is COc1ccc2c(C(=O)NCCc3ccc(F)cc3)c[nH]c2c1. The maximum atomic E-state index is 12.8. The van der Waals surface area contributed by atoms with E-state index < -0.39 is 0 Å². The first-order chi connectivity index (χ1) is 11.2. The molecule has 0 bridgehead atoms. The highest BCUT2D eigenvalue weighted by molar-refractivity contribution is 6.06. The van der Waals surface area contributed by atoms with E-state index in [0.717, 1.165) is 22.2 Å². The Morgan fingerprint density at radius 2 is 2.00 bits per heavy atom. The summed E-state index contributed by atoms with van der Waals surface area (Å²) in [5.41, 5.74) is 2.44. The number of aromatic amines is 1. The Hall–Kier alpha value is -2.82. The van der Waals surface area contributed by atoms with Gasteiger partial charge in [-0.25, -0.2) is 4.39 Å². The molecule has 118 valence electrons. The first kappa shape index (κ1) is 15.1. The molecule has 3 aromatic rings. The number of hydrogen-bond donors (Lipinski definition) is 2. The number of carbonyl (C=O) groups excluding carboxylic acids is 1. The zero-order valence-corrected chi connectivity index (χ0v) is 12.7. The Balaban J connectivity index is 1.65. The first-order valence-corrected chi connectivity index (χ1v) is 7.35. The van der Waals surface area contributed by atoms with Gasteiger partial charge in [-0.2, -0.15) is 0 Å². The molecule has 0 fully saturated rings. The van der Waals surface area contributed by atoms with E-state index in [1.54, 1.807) is 25.4 Å². The molecule has 0 unspecified atom stereocenters. The number of fused-ring (bicyclic) bond motifs is 1. The van der Waals surface area contributed by atoms with Gasteiger partial charge < -0.3 is 15.0 Å². The van der Waals surface area contributed by atoms with Crippen molar-refractivity contribution in [3.8, 4) is 5.75 Å². The fraction of sp³-hybridized carbons (Fsp3) is 0.167. The zero-order valence-electron chi connectivity index (χ0n) is 12.7. The van der Waals surface area contributed by atoms with Crippen LogP contribution >= 0.6 is 0 Å². The average Bonchev–Trinajstić information content (AvgIpc) is 2.99. The van der Waals surface area contributed by atoms with Crippen molar-refractivity contribution in [2.24, 2.45) is 0 Å². The lowest BCUT2D eigenvalue weighted by atomic mass is 10.1. The second-order valence-electron chi connectivity index (χ2n) is 5.25. The molecule has 0 aliphatic carbocycles. The van der Waals surface area contributed by atoms with Crippen molar-refractivity contribution >= 4 is 16.8 Å². The number of halogens is 1. The van der Waals surface area contributed by atoms with Crippen LogP contribution in [0.15, 0.2) is 48.7 Å². The Kier molecular flexibility index (Phi) is 4.28. The summed E-state index contributed by atoms with van der Waals surface area (Å²) in [6.07, 6.45) is 2.35. The molecule has 1 heterocycles. The summed E-state index contributed by atoms with van der Waals surface area (Å²) in [5.74, 6) is 0.346. The van der Waals surface area contributed by atoms with E-state index in [1.807, 2.05) is 18.2 Å². The number of methoxy groups -OCH3 is 1. The van der Waals surface area contributed by atoms with Crippen molar-refractivity contribution in [1.29, 1.82) is 0 Å². The van der Waals surface area contributed by atoms with Crippen LogP contribution in [0.25, 0.3) is 10.9 Å². The van der Waals surface area contributed by atoms with Crippen LogP contribution in [-0.2, 0) is 6.42 Å². The summed E-state index contributed by atoms with van der Waals surface area (Å²) in [7, 11) is 1.60. The second-order valence-corrected chi connectivity index (χ2v) is 5.25. The Morgan fingerprint density at radius 1 is 1.22 bits per heavy atom. The topological polar surface area (TPSA) is 54.1 Å². The molecule has 2 N–H and O–H groups in total. The molecule has 0 aliphatic heterocycles. The molecule has 0 radical (unpaired) electrons. The van der Waals surface area contributed by atoms with Crippen molar-refractivity contribution in [2.75, 3.05) is 13.7 Å². The summed E-state index contributed by atoms with van der Waals surface area (Å²) in [6.45, 7) is 0.493. The highest BCUT2D eigenvalue weighted by atomic mass is 19.1. The van der Waals surface area contributed by atoms with Gasteiger partial charge in [-0.15, -0.1) is 0 Å². The number of carbonyl (C=O) groups is 1. The van der Waals surface area contributed by atoms with Crippen LogP contribution in [0.1, 0.15) is 15.9 Å². The molecule has 1 amide bonds. The molecule has 23 heavy (non-hydrogen) atoms. The zero-order chi connectivity index (χ0) is 16.2. The number of hydrogen-bond acceptors (Lipinski definition) is 2. The predicted octanol–water partition coefficient (Wildman–Crippen LogP) is 3.29. The van der Waals surface area contributed by atoms with E-state index >= 15 is 0 Å². The van der Waals surface area contributed by atoms with Gasteiger partial charge in [0.2, 0.25) is 0 Å². The number of rotatable bonds is 5. The quantitative estimate of drug-likeness (QED) is 0.759. The molecular formula is C18H17FN2O2. The summed E-state index contributed by atoms with van der Waals surface area (Å²) in [5, 5.41) is 3.74. The number of ether oxygens (including phenoxy) is 1. The van der Waals surface area contributed by atoms with Crippen molar-refractivity contribution in [2.45, 2.75) is 6.42 Å². The molecule has 3 rings (SSSR count). The molecule has 0 saturated heterocycles. The smallest absolute Gasteiger partial charge is 0.253 e. The third kappa shape index (κ3) is 3.34. The normalized spacial score (nSPS) is 10.7. The van der Waals surface area contributed by atoms with E-state index in [-0.39, 0.29) is 11.7 Å².